The number of halogens is 1. The van der Waals surface area contributed by atoms with Crippen LogP contribution in [-0.4, -0.2) is 34.6 Å². The van der Waals surface area contributed by atoms with Crippen LogP contribution < -0.4 is 5.56 Å². The smallest absolute Gasteiger partial charge is 0.263 e. The van der Waals surface area contributed by atoms with E-state index in [1.165, 1.54) is 5.56 Å². The molecule has 0 amide bonds. The molecule has 0 unspecified atom stereocenters. The lowest BCUT2D eigenvalue weighted by Crippen LogP contribution is -2.36. The molecule has 1 aliphatic rings. The first-order valence-electron chi connectivity index (χ1n) is 8.91. The normalized spacial score (nSPS) is 16.5. The highest BCUT2D eigenvalue weighted by atomic mass is 79.9. The average molecular weight is 432 g/mol. The van der Waals surface area contributed by atoms with Gasteiger partial charge < -0.3 is 4.90 Å². The lowest BCUT2D eigenvalue weighted by molar-refractivity contribution is 0.216. The van der Waals surface area contributed by atoms with Gasteiger partial charge in [-0.1, -0.05) is 33.6 Å². The van der Waals surface area contributed by atoms with Gasteiger partial charge in [-0.3, -0.25) is 9.36 Å². The molecule has 3 aromatic rings. The Morgan fingerprint density at radius 1 is 1.19 bits per heavy atom. The Morgan fingerprint density at radius 3 is 2.65 bits per heavy atom. The molecule has 2 aromatic heterocycles. The summed E-state index contributed by atoms with van der Waals surface area (Å²) in [4.78, 5) is 21.4. The fraction of sp³-hybridized carbons (Fsp3) is 0.400. The van der Waals surface area contributed by atoms with Gasteiger partial charge in [0.1, 0.15) is 10.7 Å². The minimum Gasteiger partial charge on any atom is -0.306 e. The van der Waals surface area contributed by atoms with Crippen LogP contribution in [0.2, 0.25) is 0 Å². The Hall–Kier alpha value is -1.50. The predicted octanol–water partition coefficient (Wildman–Crippen LogP) is 4.77. The second-order valence-electron chi connectivity index (χ2n) is 7.18. The van der Waals surface area contributed by atoms with E-state index in [4.69, 9.17) is 4.98 Å². The van der Waals surface area contributed by atoms with Crippen molar-refractivity contribution in [2.24, 2.45) is 0 Å². The Balaban J connectivity index is 1.91. The monoisotopic (exact) mass is 431 g/mol. The molecule has 136 valence electrons. The second kappa shape index (κ2) is 6.91. The van der Waals surface area contributed by atoms with Crippen molar-refractivity contribution in [2.75, 3.05) is 20.1 Å². The maximum Gasteiger partial charge on any atom is 0.263 e. The third kappa shape index (κ3) is 3.04. The van der Waals surface area contributed by atoms with Gasteiger partial charge in [-0.05, 0) is 58.5 Å². The fourth-order valence-electron chi connectivity index (χ4n) is 3.83. The zero-order chi connectivity index (χ0) is 18.4. The van der Waals surface area contributed by atoms with Crippen LogP contribution >= 0.6 is 27.3 Å². The first kappa shape index (κ1) is 17.9. The molecule has 0 spiro atoms. The molecule has 0 atom stereocenters. The first-order chi connectivity index (χ1) is 12.5. The number of piperidine rings is 1. The van der Waals surface area contributed by atoms with Crippen LogP contribution in [-0.2, 0) is 0 Å². The summed E-state index contributed by atoms with van der Waals surface area (Å²) < 4.78 is 2.95. The zero-order valence-corrected chi connectivity index (χ0v) is 17.7. The van der Waals surface area contributed by atoms with Gasteiger partial charge >= 0.3 is 0 Å². The number of rotatable bonds is 2. The van der Waals surface area contributed by atoms with Crippen LogP contribution in [0.1, 0.15) is 30.3 Å². The van der Waals surface area contributed by atoms with Gasteiger partial charge in [-0.15, -0.1) is 11.3 Å². The summed E-state index contributed by atoms with van der Waals surface area (Å²) in [6.45, 7) is 6.08. The molecule has 0 bridgehead atoms. The molecule has 0 aliphatic carbocycles. The van der Waals surface area contributed by atoms with Gasteiger partial charge in [0.25, 0.3) is 5.56 Å². The number of thiophene rings is 1. The third-order valence-corrected chi connectivity index (χ3v) is 6.85. The molecule has 0 N–H and O–H groups in total. The number of aryl methyl sites for hydroxylation is 2. The van der Waals surface area contributed by atoms with Crippen LogP contribution in [0.5, 0.6) is 0 Å². The van der Waals surface area contributed by atoms with Crippen molar-refractivity contribution >= 4 is 37.5 Å². The number of hydrogen-bond donors (Lipinski definition) is 0. The van der Waals surface area contributed by atoms with Gasteiger partial charge in [-0.2, -0.15) is 0 Å². The summed E-state index contributed by atoms with van der Waals surface area (Å²) in [5.74, 6) is 0.828. The number of aromatic nitrogens is 2. The lowest BCUT2D eigenvalue weighted by Gasteiger charge is -2.31. The SMILES string of the molecule is Cc1ccc(Br)c(-c2csc3nc(C)n(C4CCN(C)CC4)c(=O)c23)c1. The Morgan fingerprint density at radius 2 is 1.92 bits per heavy atom. The summed E-state index contributed by atoms with van der Waals surface area (Å²) in [6.07, 6.45) is 2.00. The van der Waals surface area contributed by atoms with Crippen LogP contribution in [0.25, 0.3) is 21.3 Å². The van der Waals surface area contributed by atoms with Crippen molar-refractivity contribution in [3.63, 3.8) is 0 Å². The van der Waals surface area contributed by atoms with Crippen molar-refractivity contribution in [2.45, 2.75) is 32.7 Å². The quantitative estimate of drug-likeness (QED) is 0.586. The molecule has 1 fully saturated rings. The van der Waals surface area contributed by atoms with Gasteiger partial charge in [-0.25, -0.2) is 4.98 Å². The number of benzene rings is 1. The van der Waals surface area contributed by atoms with Crippen molar-refractivity contribution in [1.29, 1.82) is 0 Å². The highest BCUT2D eigenvalue weighted by Gasteiger charge is 2.24. The Labute approximate surface area is 165 Å². The van der Waals surface area contributed by atoms with E-state index in [0.29, 0.717) is 0 Å². The van der Waals surface area contributed by atoms with E-state index in [2.05, 4.69) is 52.3 Å². The second-order valence-corrected chi connectivity index (χ2v) is 8.89. The highest BCUT2D eigenvalue weighted by Crippen LogP contribution is 2.36. The van der Waals surface area contributed by atoms with Crippen molar-refractivity contribution in [3.05, 3.63) is 49.8 Å². The molecular formula is C20H22BrN3OS. The van der Waals surface area contributed by atoms with Crippen molar-refractivity contribution < 1.29 is 0 Å². The van der Waals surface area contributed by atoms with E-state index in [1.54, 1.807) is 11.3 Å². The van der Waals surface area contributed by atoms with Crippen LogP contribution in [0, 0.1) is 13.8 Å². The summed E-state index contributed by atoms with van der Waals surface area (Å²) >= 11 is 5.20. The predicted molar refractivity (Wildman–Crippen MR) is 112 cm³/mol. The van der Waals surface area contributed by atoms with Gasteiger partial charge in [0.15, 0.2) is 0 Å². The standard InChI is InChI=1S/C20H22BrN3OS/c1-12-4-5-17(21)15(10-12)16-11-26-19-18(16)20(25)24(13(2)22-19)14-6-8-23(3)9-7-14/h4-5,10-11,14H,6-9H2,1-3H3. The molecule has 0 saturated carbocycles. The van der Waals surface area contributed by atoms with E-state index in [0.717, 1.165) is 57.6 Å². The van der Waals surface area contributed by atoms with E-state index in [9.17, 15) is 4.79 Å². The summed E-state index contributed by atoms with van der Waals surface area (Å²) in [5, 5.41) is 2.82. The van der Waals surface area contributed by atoms with Crippen molar-refractivity contribution in [3.8, 4) is 11.1 Å². The van der Waals surface area contributed by atoms with E-state index < -0.39 is 0 Å². The Bertz CT molecular complexity index is 1030. The molecule has 1 saturated heterocycles. The van der Waals surface area contributed by atoms with Crippen LogP contribution in [0.15, 0.2) is 32.8 Å². The number of hydrogen-bond acceptors (Lipinski definition) is 4. The van der Waals surface area contributed by atoms with E-state index in [1.807, 2.05) is 17.6 Å². The Kier molecular flexibility index (Phi) is 4.75. The number of fused-ring (bicyclic) bond motifs is 1. The molecule has 1 aromatic carbocycles. The lowest BCUT2D eigenvalue weighted by atomic mass is 10.0. The molecule has 3 heterocycles. The average Bonchev–Trinajstić information content (AvgIpc) is 3.02. The summed E-state index contributed by atoms with van der Waals surface area (Å²) in [7, 11) is 2.14. The summed E-state index contributed by atoms with van der Waals surface area (Å²) in [5.41, 5.74) is 3.33. The molecular weight excluding hydrogens is 410 g/mol. The maximum atomic E-state index is 13.5. The molecule has 1 aliphatic heterocycles. The topological polar surface area (TPSA) is 38.1 Å². The largest absolute Gasteiger partial charge is 0.306 e. The zero-order valence-electron chi connectivity index (χ0n) is 15.3. The maximum absolute atomic E-state index is 13.5. The number of nitrogens with zero attached hydrogens (tertiary/aromatic N) is 3. The van der Waals surface area contributed by atoms with Crippen LogP contribution in [0.3, 0.4) is 0 Å². The fourth-order valence-corrected chi connectivity index (χ4v) is 5.27. The minimum absolute atomic E-state index is 0.103. The van der Waals surface area contributed by atoms with Gasteiger partial charge in [0.2, 0.25) is 0 Å². The molecule has 4 nitrogen and oxygen atoms in total. The summed E-state index contributed by atoms with van der Waals surface area (Å²) in [6, 6.07) is 6.49. The molecule has 4 rings (SSSR count). The third-order valence-electron chi connectivity index (χ3n) is 5.28. The molecule has 6 heteroatoms. The highest BCUT2D eigenvalue weighted by molar-refractivity contribution is 9.10. The van der Waals surface area contributed by atoms with E-state index in [-0.39, 0.29) is 11.6 Å². The van der Waals surface area contributed by atoms with Crippen LogP contribution in [0.4, 0.5) is 0 Å². The van der Waals surface area contributed by atoms with Gasteiger partial charge in [0.05, 0.1) is 5.39 Å². The van der Waals surface area contributed by atoms with Crippen molar-refractivity contribution in [1.82, 2.24) is 14.5 Å². The minimum atomic E-state index is 0.103. The first-order valence-corrected chi connectivity index (χ1v) is 10.6. The molecule has 0 radical (unpaired) electrons. The molecule has 26 heavy (non-hydrogen) atoms. The number of likely N-dealkylation sites (tertiary alicyclic amines) is 1. The van der Waals surface area contributed by atoms with Gasteiger partial charge in [0, 0.05) is 21.5 Å². The van der Waals surface area contributed by atoms with E-state index >= 15 is 0 Å².